The Morgan fingerprint density at radius 3 is 1.93 bits per heavy atom. The van der Waals surface area contributed by atoms with Gasteiger partial charge >= 0.3 is 6.18 Å². The highest BCUT2D eigenvalue weighted by Crippen LogP contribution is 2.50. The third-order valence-corrected chi connectivity index (χ3v) is 5.32. The average molecular weight is 390 g/mol. The van der Waals surface area contributed by atoms with Crippen LogP contribution in [0.25, 0.3) is 0 Å². The molecule has 0 bridgehead atoms. The van der Waals surface area contributed by atoms with Crippen LogP contribution in [0.15, 0.2) is 36.4 Å². The number of ether oxygens (including phenoxy) is 1. The Bertz CT molecular complexity index is 861. The third-order valence-electron chi connectivity index (χ3n) is 5.32. The fourth-order valence-electron chi connectivity index (χ4n) is 4.37. The van der Waals surface area contributed by atoms with Crippen LogP contribution in [0.3, 0.4) is 0 Å². The number of hydrogen-bond donors (Lipinski definition) is 0. The first kappa shape index (κ1) is 20.6. The van der Waals surface area contributed by atoms with E-state index in [9.17, 15) is 18.0 Å². The maximum atomic E-state index is 14.1. The normalized spacial score (nSPS) is 22.9. The number of carbonyl (C=O) groups excluding carboxylic acids is 1. The van der Waals surface area contributed by atoms with Crippen LogP contribution in [-0.2, 0) is 10.3 Å². The molecule has 28 heavy (non-hydrogen) atoms. The molecule has 1 aliphatic heterocycles. The lowest BCUT2D eigenvalue weighted by atomic mass is 9.71. The van der Waals surface area contributed by atoms with Gasteiger partial charge in [0, 0.05) is 12.2 Å². The fourth-order valence-corrected chi connectivity index (χ4v) is 4.37. The molecule has 2 atom stereocenters. The zero-order valence-corrected chi connectivity index (χ0v) is 16.6. The van der Waals surface area contributed by atoms with Gasteiger partial charge in [-0.15, -0.1) is 0 Å². The van der Waals surface area contributed by atoms with E-state index in [2.05, 4.69) is 0 Å². The minimum atomic E-state index is -4.55. The first-order valence-electron chi connectivity index (χ1n) is 9.46. The zero-order chi connectivity index (χ0) is 20.7. The van der Waals surface area contributed by atoms with Crippen LogP contribution in [0.4, 0.5) is 13.2 Å². The van der Waals surface area contributed by atoms with E-state index in [4.69, 9.17) is 4.74 Å². The van der Waals surface area contributed by atoms with Crippen molar-refractivity contribution >= 4 is 5.78 Å². The Morgan fingerprint density at radius 1 is 0.929 bits per heavy atom. The molecule has 0 radical (unpaired) electrons. The molecule has 2 nitrogen and oxygen atoms in total. The second-order valence-electron chi connectivity index (χ2n) is 7.90. The van der Waals surface area contributed by atoms with E-state index in [1.165, 1.54) is 0 Å². The first-order chi connectivity index (χ1) is 13.0. The van der Waals surface area contributed by atoms with Gasteiger partial charge in [0.1, 0.15) is 0 Å². The van der Waals surface area contributed by atoms with E-state index < -0.39 is 23.5 Å². The number of ketones is 1. The van der Waals surface area contributed by atoms with Crippen molar-refractivity contribution in [3.8, 4) is 0 Å². The van der Waals surface area contributed by atoms with Gasteiger partial charge in [0.15, 0.2) is 11.4 Å². The standard InChI is InChI=1S/C23H25F3O2/c1-14-8-15(2)11-18(10-14)21(27)22(19-12-16(3)9-17(4)13-19)20(23(24,25)26)6-5-7-28-22/h8-13,20H,5-7H2,1-4H3/t20-,22+/m0/s1. The lowest BCUT2D eigenvalue weighted by molar-refractivity contribution is -0.245. The van der Waals surface area contributed by atoms with E-state index in [1.807, 2.05) is 39.8 Å². The number of benzene rings is 2. The van der Waals surface area contributed by atoms with Crippen molar-refractivity contribution in [2.24, 2.45) is 5.92 Å². The van der Waals surface area contributed by atoms with Crippen molar-refractivity contribution in [2.45, 2.75) is 52.3 Å². The highest BCUT2D eigenvalue weighted by atomic mass is 19.4. The van der Waals surface area contributed by atoms with Crippen LogP contribution in [0.1, 0.15) is 51.0 Å². The summed E-state index contributed by atoms with van der Waals surface area (Å²) in [6.45, 7) is 7.41. The quantitative estimate of drug-likeness (QED) is 0.602. The molecule has 0 spiro atoms. The Hall–Kier alpha value is -2.14. The Morgan fingerprint density at radius 2 is 1.43 bits per heavy atom. The largest absolute Gasteiger partial charge is 0.395 e. The second kappa shape index (κ2) is 7.36. The molecular formula is C23H25F3O2. The van der Waals surface area contributed by atoms with Crippen LogP contribution < -0.4 is 0 Å². The first-order valence-corrected chi connectivity index (χ1v) is 9.46. The van der Waals surface area contributed by atoms with Crippen LogP contribution in [0.2, 0.25) is 0 Å². The number of alkyl halides is 3. The zero-order valence-electron chi connectivity index (χ0n) is 16.6. The van der Waals surface area contributed by atoms with Gasteiger partial charge in [-0.25, -0.2) is 0 Å². The predicted octanol–water partition coefficient (Wildman–Crippen LogP) is 5.99. The third kappa shape index (κ3) is 3.72. The van der Waals surface area contributed by atoms with Crippen molar-refractivity contribution in [3.63, 3.8) is 0 Å². The van der Waals surface area contributed by atoms with Gasteiger partial charge in [0.05, 0.1) is 5.92 Å². The average Bonchev–Trinajstić information content (AvgIpc) is 2.58. The van der Waals surface area contributed by atoms with Crippen molar-refractivity contribution in [1.82, 2.24) is 0 Å². The summed E-state index contributed by atoms with van der Waals surface area (Å²) in [5.41, 5.74) is 1.75. The van der Waals surface area contributed by atoms with Gasteiger partial charge < -0.3 is 4.74 Å². The minimum absolute atomic E-state index is 0.121. The Kier molecular flexibility index (Phi) is 5.41. The highest BCUT2D eigenvalue weighted by Gasteiger charge is 2.60. The van der Waals surface area contributed by atoms with Gasteiger partial charge in [-0.3, -0.25) is 4.79 Å². The van der Waals surface area contributed by atoms with Gasteiger partial charge in [0.2, 0.25) is 0 Å². The second-order valence-corrected chi connectivity index (χ2v) is 7.90. The fraction of sp³-hybridized carbons (Fsp3) is 0.435. The van der Waals surface area contributed by atoms with E-state index >= 15 is 0 Å². The van der Waals surface area contributed by atoms with Gasteiger partial charge in [-0.05, 0) is 58.2 Å². The molecule has 0 N–H and O–H groups in total. The smallest absolute Gasteiger partial charge is 0.361 e. The van der Waals surface area contributed by atoms with Crippen LogP contribution >= 0.6 is 0 Å². The summed E-state index contributed by atoms with van der Waals surface area (Å²) in [4.78, 5) is 13.7. The monoisotopic (exact) mass is 390 g/mol. The number of hydrogen-bond acceptors (Lipinski definition) is 2. The molecule has 0 amide bonds. The molecule has 150 valence electrons. The summed E-state index contributed by atoms with van der Waals surface area (Å²) in [6.07, 6.45) is -4.41. The van der Waals surface area contributed by atoms with E-state index in [0.29, 0.717) is 0 Å². The molecule has 0 aromatic heterocycles. The molecule has 5 heteroatoms. The van der Waals surface area contributed by atoms with Crippen molar-refractivity contribution in [1.29, 1.82) is 0 Å². The molecule has 2 aromatic rings. The Labute approximate surface area is 163 Å². The van der Waals surface area contributed by atoms with Crippen LogP contribution in [0, 0.1) is 33.6 Å². The predicted molar refractivity (Wildman–Crippen MR) is 103 cm³/mol. The molecule has 2 aromatic carbocycles. The summed E-state index contributed by atoms with van der Waals surface area (Å²) in [5.74, 6) is -2.51. The summed E-state index contributed by atoms with van der Waals surface area (Å²) >= 11 is 0. The molecule has 1 heterocycles. The number of rotatable bonds is 3. The SMILES string of the molecule is Cc1cc(C)cc(C(=O)[C@]2(c3cc(C)cc(C)c3)OCCC[C@@H]2C(F)(F)F)c1. The lowest BCUT2D eigenvalue weighted by Crippen LogP contribution is -2.54. The van der Waals surface area contributed by atoms with Gasteiger partial charge in [0.25, 0.3) is 0 Å². The topological polar surface area (TPSA) is 26.3 Å². The van der Waals surface area contributed by atoms with Crippen LogP contribution in [-0.4, -0.2) is 18.6 Å². The Balaban J connectivity index is 2.28. The summed E-state index contributed by atoms with van der Waals surface area (Å²) in [7, 11) is 0. The highest BCUT2D eigenvalue weighted by molar-refractivity contribution is 6.03. The maximum absolute atomic E-state index is 14.1. The summed E-state index contributed by atoms with van der Waals surface area (Å²) in [5, 5.41) is 0. The molecule has 0 unspecified atom stereocenters. The number of Topliss-reactive ketones (excluding diaryl/α,β-unsaturated/α-hetero) is 1. The molecule has 3 rings (SSSR count). The summed E-state index contributed by atoms with van der Waals surface area (Å²) < 4.78 is 48.2. The van der Waals surface area contributed by atoms with E-state index in [-0.39, 0.29) is 30.6 Å². The van der Waals surface area contributed by atoms with Crippen molar-refractivity contribution in [2.75, 3.05) is 6.61 Å². The van der Waals surface area contributed by atoms with Gasteiger partial charge in [-0.2, -0.15) is 13.2 Å². The molecule has 0 saturated carbocycles. The lowest BCUT2D eigenvalue weighted by Gasteiger charge is -2.44. The number of aryl methyl sites for hydroxylation is 4. The van der Waals surface area contributed by atoms with Crippen molar-refractivity contribution < 1.29 is 22.7 Å². The molecule has 1 fully saturated rings. The summed E-state index contributed by atoms with van der Waals surface area (Å²) in [6, 6.07) is 10.4. The van der Waals surface area contributed by atoms with Gasteiger partial charge in [-0.1, -0.05) is 46.5 Å². The van der Waals surface area contributed by atoms with E-state index in [1.54, 1.807) is 24.3 Å². The van der Waals surface area contributed by atoms with Crippen LogP contribution in [0.5, 0.6) is 0 Å². The van der Waals surface area contributed by atoms with E-state index in [0.717, 1.165) is 22.3 Å². The molecule has 1 saturated heterocycles. The molecule has 1 aliphatic rings. The number of halogens is 3. The maximum Gasteiger partial charge on any atom is 0.395 e. The minimum Gasteiger partial charge on any atom is -0.361 e. The molecular weight excluding hydrogens is 365 g/mol. The number of carbonyl (C=O) groups is 1. The molecule has 0 aliphatic carbocycles. The van der Waals surface area contributed by atoms with Crippen molar-refractivity contribution in [3.05, 3.63) is 69.8 Å².